The van der Waals surface area contributed by atoms with E-state index in [4.69, 9.17) is 4.74 Å². The fourth-order valence-corrected chi connectivity index (χ4v) is 8.22. The van der Waals surface area contributed by atoms with Gasteiger partial charge in [-0.05, 0) is 91.7 Å². The predicted octanol–water partition coefficient (Wildman–Crippen LogP) is 6.89. The average Bonchev–Trinajstić information content (AvgIpc) is 2.84. The quantitative estimate of drug-likeness (QED) is 0.482. The number of piperidine rings is 1. The highest BCUT2D eigenvalue weighted by molar-refractivity contribution is 5.67. The summed E-state index contributed by atoms with van der Waals surface area (Å²) in [6.45, 7) is 3.74. The van der Waals surface area contributed by atoms with Gasteiger partial charge in [0.25, 0.3) is 0 Å². The molecule has 1 aromatic rings. The standard InChI is InChI=1S/C29H40F3NO3/c30-29(31,32)23-7-5-22(6-8-23)24-16-21(17-26(34)35)4-9-25(24)33-19-27(10-2-1-3-11-27)18-28(20-33)12-14-36-15-13-28/h5-8,21,24-25H,1-4,9-20H2,(H,34,35)/t21-,24+,25-/m1/s1. The Morgan fingerprint density at radius 3 is 2.22 bits per heavy atom. The predicted molar refractivity (Wildman–Crippen MR) is 132 cm³/mol. The molecule has 2 spiro atoms. The van der Waals surface area contributed by atoms with Gasteiger partial charge >= 0.3 is 12.1 Å². The topological polar surface area (TPSA) is 49.8 Å². The molecule has 0 unspecified atom stereocenters. The maximum atomic E-state index is 13.3. The highest BCUT2D eigenvalue weighted by atomic mass is 19.4. The van der Waals surface area contributed by atoms with Gasteiger partial charge in [-0.15, -0.1) is 0 Å². The van der Waals surface area contributed by atoms with Gasteiger partial charge in [-0.3, -0.25) is 9.69 Å². The maximum Gasteiger partial charge on any atom is 0.416 e. The van der Waals surface area contributed by atoms with Crippen LogP contribution in [0.2, 0.25) is 0 Å². The van der Waals surface area contributed by atoms with Crippen LogP contribution in [0.15, 0.2) is 24.3 Å². The number of carboxylic acid groups (broad SMARTS) is 1. The monoisotopic (exact) mass is 507 g/mol. The number of hydrogen-bond acceptors (Lipinski definition) is 3. The summed E-state index contributed by atoms with van der Waals surface area (Å²) >= 11 is 0. The zero-order valence-electron chi connectivity index (χ0n) is 21.2. The molecule has 1 N–H and O–H groups in total. The van der Waals surface area contributed by atoms with Crippen LogP contribution in [0.25, 0.3) is 0 Å². The normalized spacial score (nSPS) is 30.9. The van der Waals surface area contributed by atoms with Crippen molar-refractivity contribution in [3.63, 3.8) is 0 Å². The van der Waals surface area contributed by atoms with E-state index in [0.29, 0.717) is 5.41 Å². The molecule has 4 fully saturated rings. The molecule has 0 bridgehead atoms. The maximum absolute atomic E-state index is 13.3. The summed E-state index contributed by atoms with van der Waals surface area (Å²) in [5, 5.41) is 9.45. The largest absolute Gasteiger partial charge is 0.481 e. The van der Waals surface area contributed by atoms with Gasteiger partial charge in [0.15, 0.2) is 0 Å². The van der Waals surface area contributed by atoms with Crippen LogP contribution in [0.1, 0.15) is 94.1 Å². The Labute approximate surface area is 212 Å². The van der Waals surface area contributed by atoms with E-state index < -0.39 is 17.7 Å². The number of nitrogens with zero attached hydrogens (tertiary/aromatic N) is 1. The molecule has 200 valence electrons. The Kier molecular flexibility index (Phi) is 7.43. The lowest BCUT2D eigenvalue weighted by atomic mass is 9.58. The van der Waals surface area contributed by atoms with E-state index in [2.05, 4.69) is 4.90 Å². The number of aliphatic carboxylic acids is 1. The van der Waals surface area contributed by atoms with Crippen LogP contribution in [0.3, 0.4) is 0 Å². The number of likely N-dealkylation sites (tertiary alicyclic amines) is 1. The van der Waals surface area contributed by atoms with E-state index in [1.54, 1.807) is 12.1 Å². The molecular formula is C29H40F3NO3. The van der Waals surface area contributed by atoms with E-state index in [1.807, 2.05) is 0 Å². The van der Waals surface area contributed by atoms with Crippen LogP contribution in [-0.2, 0) is 15.7 Å². The highest BCUT2D eigenvalue weighted by Gasteiger charge is 2.51. The molecule has 1 aromatic carbocycles. The fraction of sp³-hybridized carbons (Fsp3) is 0.759. The van der Waals surface area contributed by atoms with Crippen molar-refractivity contribution in [1.82, 2.24) is 4.90 Å². The van der Waals surface area contributed by atoms with E-state index in [1.165, 1.54) is 50.7 Å². The third kappa shape index (κ3) is 5.62. The zero-order valence-corrected chi connectivity index (χ0v) is 21.2. The molecule has 2 aliphatic carbocycles. The number of carboxylic acids is 1. The van der Waals surface area contributed by atoms with Crippen LogP contribution in [0, 0.1) is 16.7 Å². The van der Waals surface area contributed by atoms with Gasteiger partial charge in [-0.2, -0.15) is 13.2 Å². The lowest BCUT2D eigenvalue weighted by Gasteiger charge is -2.58. The average molecular weight is 508 g/mol. The molecule has 2 heterocycles. The molecule has 5 rings (SSSR count). The van der Waals surface area contributed by atoms with Gasteiger partial charge in [-0.1, -0.05) is 31.4 Å². The summed E-state index contributed by atoms with van der Waals surface area (Å²) in [7, 11) is 0. The van der Waals surface area contributed by atoms with Crippen molar-refractivity contribution in [3.8, 4) is 0 Å². The minimum Gasteiger partial charge on any atom is -0.481 e. The Bertz CT molecular complexity index is 877. The number of ether oxygens (including phenoxy) is 1. The minimum atomic E-state index is -4.36. The minimum absolute atomic E-state index is 0.0565. The molecular weight excluding hydrogens is 467 g/mol. The Morgan fingerprint density at radius 1 is 0.972 bits per heavy atom. The molecule has 2 saturated heterocycles. The van der Waals surface area contributed by atoms with Gasteiger partial charge in [-0.25, -0.2) is 0 Å². The Hall–Kier alpha value is -1.60. The van der Waals surface area contributed by atoms with Gasteiger partial charge in [0.1, 0.15) is 0 Å². The summed E-state index contributed by atoms with van der Waals surface area (Å²) in [6.07, 6.45) is 8.16. The number of rotatable bonds is 4. The van der Waals surface area contributed by atoms with Gasteiger partial charge in [0.05, 0.1) is 5.56 Å². The first-order valence-electron chi connectivity index (χ1n) is 13.9. The number of benzene rings is 1. The second-order valence-electron chi connectivity index (χ2n) is 12.3. The van der Waals surface area contributed by atoms with Gasteiger partial charge < -0.3 is 9.84 Å². The summed E-state index contributed by atoms with van der Waals surface area (Å²) < 4.78 is 45.5. The molecule has 3 atom stereocenters. The first-order valence-corrected chi connectivity index (χ1v) is 13.9. The highest BCUT2D eigenvalue weighted by Crippen LogP contribution is 2.54. The van der Waals surface area contributed by atoms with E-state index in [9.17, 15) is 23.1 Å². The van der Waals surface area contributed by atoms with E-state index >= 15 is 0 Å². The Balaban J connectivity index is 1.45. The number of halogens is 3. The van der Waals surface area contributed by atoms with Crippen LogP contribution < -0.4 is 0 Å². The molecule has 7 heteroatoms. The molecule has 4 nitrogen and oxygen atoms in total. The molecule has 0 amide bonds. The van der Waals surface area contributed by atoms with Crippen LogP contribution in [0.5, 0.6) is 0 Å². The van der Waals surface area contributed by atoms with Gasteiger partial charge in [0, 0.05) is 38.8 Å². The van der Waals surface area contributed by atoms with Crippen molar-refractivity contribution in [2.45, 2.75) is 95.2 Å². The third-order valence-electron chi connectivity index (χ3n) is 9.82. The van der Waals surface area contributed by atoms with Crippen LogP contribution in [-0.4, -0.2) is 48.3 Å². The van der Waals surface area contributed by atoms with Crippen molar-refractivity contribution in [2.75, 3.05) is 26.3 Å². The van der Waals surface area contributed by atoms with E-state index in [-0.39, 0.29) is 29.7 Å². The fourth-order valence-electron chi connectivity index (χ4n) is 8.22. The molecule has 0 radical (unpaired) electrons. The van der Waals surface area contributed by atoms with Crippen molar-refractivity contribution in [1.29, 1.82) is 0 Å². The lowest BCUT2D eigenvalue weighted by molar-refractivity contribution is -0.139. The van der Waals surface area contributed by atoms with E-state index in [0.717, 1.165) is 64.0 Å². The summed E-state index contributed by atoms with van der Waals surface area (Å²) in [6, 6.07) is 5.94. The number of carbonyl (C=O) groups is 1. The zero-order chi connectivity index (χ0) is 25.4. The van der Waals surface area contributed by atoms with Crippen molar-refractivity contribution < 1.29 is 27.8 Å². The lowest BCUT2D eigenvalue weighted by Crippen LogP contribution is -2.59. The molecule has 0 aromatic heterocycles. The Morgan fingerprint density at radius 2 is 1.61 bits per heavy atom. The summed E-state index contributed by atoms with van der Waals surface area (Å²) in [5.41, 5.74) is 0.890. The summed E-state index contributed by atoms with van der Waals surface area (Å²) in [5.74, 6) is -0.664. The second kappa shape index (κ2) is 10.3. The molecule has 2 aliphatic heterocycles. The third-order valence-corrected chi connectivity index (χ3v) is 9.82. The smallest absolute Gasteiger partial charge is 0.416 e. The molecule has 4 aliphatic rings. The van der Waals surface area contributed by atoms with Crippen molar-refractivity contribution >= 4 is 5.97 Å². The first-order chi connectivity index (χ1) is 17.2. The number of hydrogen-bond donors (Lipinski definition) is 1. The number of alkyl halides is 3. The SMILES string of the molecule is O=C(O)C[C@@H]1CC[C@@H](N2CC3(CCCCC3)CC3(CCOCC3)C2)[C@H](c2ccc(C(F)(F)F)cc2)C1. The molecule has 2 saturated carbocycles. The summed E-state index contributed by atoms with van der Waals surface area (Å²) in [4.78, 5) is 14.2. The second-order valence-corrected chi connectivity index (χ2v) is 12.3. The van der Waals surface area contributed by atoms with Crippen molar-refractivity contribution in [3.05, 3.63) is 35.4 Å². The van der Waals surface area contributed by atoms with Crippen molar-refractivity contribution in [2.24, 2.45) is 16.7 Å². The van der Waals surface area contributed by atoms with Crippen LogP contribution >= 0.6 is 0 Å². The molecule has 36 heavy (non-hydrogen) atoms. The first kappa shape index (κ1) is 26.0. The van der Waals surface area contributed by atoms with Gasteiger partial charge in [0.2, 0.25) is 0 Å². The van der Waals surface area contributed by atoms with Crippen LogP contribution in [0.4, 0.5) is 13.2 Å².